The molecule has 1 rings (SSSR count). The summed E-state index contributed by atoms with van der Waals surface area (Å²) in [7, 11) is 0.959. The second-order valence-electron chi connectivity index (χ2n) is 4.56. The van der Waals surface area contributed by atoms with Gasteiger partial charge in [-0.2, -0.15) is 0 Å². The maximum absolute atomic E-state index is 11.9. The lowest BCUT2D eigenvalue weighted by Crippen LogP contribution is -2.31. The van der Waals surface area contributed by atoms with Crippen LogP contribution in [-0.2, 0) is 16.5 Å². The van der Waals surface area contributed by atoms with Gasteiger partial charge in [0.2, 0.25) is 0 Å². The molecule has 1 aromatic carbocycles. The van der Waals surface area contributed by atoms with Gasteiger partial charge >= 0.3 is 0 Å². The number of carbonyl (C=O) groups is 1. The lowest BCUT2D eigenvalue weighted by molar-refractivity contribution is -0.385. The summed E-state index contributed by atoms with van der Waals surface area (Å²) in [4.78, 5) is 24.1. The number of thiol groups is 1. The van der Waals surface area contributed by atoms with E-state index in [4.69, 9.17) is 0 Å². The maximum Gasteiger partial charge on any atom is 0.282 e. The van der Waals surface area contributed by atoms with Crippen LogP contribution in [0, 0.1) is 16.2 Å². The molecule has 0 saturated carbocycles. The van der Waals surface area contributed by atoms with Crippen molar-refractivity contribution in [2.24, 2.45) is 0 Å². The maximum atomic E-state index is 11.9. The molecule has 21 heavy (non-hydrogen) atoms. The molecule has 0 aliphatic heterocycles. The van der Waals surface area contributed by atoms with Gasteiger partial charge in [0.1, 0.15) is 16.3 Å². The van der Waals surface area contributed by atoms with Crippen molar-refractivity contribution in [1.82, 2.24) is 10.2 Å². The molecule has 1 N–H and O–H groups in total. The van der Waals surface area contributed by atoms with E-state index in [1.165, 1.54) is 0 Å². The Balaban J connectivity index is 2.95. The number of amides is 1. The number of nitro benzene ring substituents is 1. The van der Waals surface area contributed by atoms with Crippen LogP contribution in [0.1, 0.15) is 15.9 Å². The zero-order chi connectivity index (χ0) is 16.0. The first-order valence-electron chi connectivity index (χ1n) is 6.05. The van der Waals surface area contributed by atoms with Crippen LogP contribution >= 0.6 is 0 Å². The van der Waals surface area contributed by atoms with Gasteiger partial charge in [0.25, 0.3) is 11.6 Å². The molecular weight excluding hydrogens is 298 g/mol. The number of nitrogens with zero attached hydrogens (tertiary/aromatic N) is 2. The normalized spacial score (nSPS) is 10.9. The zero-order valence-corrected chi connectivity index (χ0v) is 12.6. The molecule has 0 aliphatic rings. The lowest BCUT2D eigenvalue weighted by Gasteiger charge is -2.10. The van der Waals surface area contributed by atoms with E-state index in [1.54, 1.807) is 0 Å². The highest BCUT2D eigenvalue weighted by Crippen LogP contribution is 2.20. The standard InChI is InChI=1S/C12H16N3O5S/c1-14(2)6-5-13-12(16)10-4-3-9(8-21(19)20)7-11(10)15(17)18/h4,7,21H,5-6,8H2,1-2H3,(H,13,16). The summed E-state index contributed by atoms with van der Waals surface area (Å²) in [6.07, 6.45) is 0. The molecule has 1 aromatic rings. The Morgan fingerprint density at radius 2 is 2.14 bits per heavy atom. The van der Waals surface area contributed by atoms with E-state index in [-0.39, 0.29) is 16.9 Å². The number of hydrogen-bond acceptors (Lipinski definition) is 6. The fraction of sp³-hybridized carbons (Fsp3) is 0.417. The van der Waals surface area contributed by atoms with Crippen molar-refractivity contribution in [1.29, 1.82) is 0 Å². The SMILES string of the molecule is CN(C)CCNC(=O)c1c[c]c(C[SH](=O)=O)cc1[N+](=O)[O-]. The molecule has 0 saturated heterocycles. The van der Waals surface area contributed by atoms with Crippen LogP contribution in [0.4, 0.5) is 5.69 Å². The molecule has 0 spiro atoms. The van der Waals surface area contributed by atoms with Gasteiger partial charge in [0, 0.05) is 19.2 Å². The molecule has 0 heterocycles. The topological polar surface area (TPSA) is 110 Å². The van der Waals surface area contributed by atoms with Gasteiger partial charge < -0.3 is 10.2 Å². The van der Waals surface area contributed by atoms with Crippen LogP contribution < -0.4 is 5.32 Å². The minimum Gasteiger partial charge on any atom is -0.351 e. The van der Waals surface area contributed by atoms with Gasteiger partial charge in [0.15, 0.2) is 0 Å². The molecule has 0 aliphatic carbocycles. The lowest BCUT2D eigenvalue weighted by atomic mass is 10.1. The van der Waals surface area contributed by atoms with E-state index in [9.17, 15) is 23.3 Å². The van der Waals surface area contributed by atoms with Gasteiger partial charge in [-0.1, -0.05) is 0 Å². The minimum atomic E-state index is -2.71. The molecule has 0 atom stereocenters. The predicted octanol–water partition coefficient (Wildman–Crippen LogP) is -0.202. The molecule has 0 fully saturated rings. The van der Waals surface area contributed by atoms with Crippen molar-refractivity contribution in [3.05, 3.63) is 39.4 Å². The number of nitro groups is 1. The molecule has 1 radical (unpaired) electrons. The molecule has 0 unspecified atom stereocenters. The van der Waals surface area contributed by atoms with Gasteiger partial charge in [-0.25, -0.2) is 8.42 Å². The van der Waals surface area contributed by atoms with Gasteiger partial charge in [-0.05, 0) is 31.8 Å². The Morgan fingerprint density at radius 1 is 1.48 bits per heavy atom. The number of likely N-dealkylation sites (N-methyl/N-ethyl adjacent to an activating group) is 1. The second-order valence-corrected chi connectivity index (χ2v) is 5.55. The molecule has 9 heteroatoms. The van der Waals surface area contributed by atoms with E-state index in [0.717, 1.165) is 12.1 Å². The van der Waals surface area contributed by atoms with Crippen molar-refractivity contribution in [2.45, 2.75) is 5.75 Å². The van der Waals surface area contributed by atoms with Crippen LogP contribution in [0.5, 0.6) is 0 Å². The number of nitrogens with one attached hydrogen (secondary N) is 1. The van der Waals surface area contributed by atoms with Crippen molar-refractivity contribution in [3.63, 3.8) is 0 Å². The minimum absolute atomic E-state index is 0.136. The Kier molecular flexibility index (Phi) is 6.25. The zero-order valence-electron chi connectivity index (χ0n) is 11.7. The summed E-state index contributed by atoms with van der Waals surface area (Å²) in [5, 5.41) is 13.6. The third-order valence-electron chi connectivity index (χ3n) is 2.57. The highest BCUT2D eigenvalue weighted by Gasteiger charge is 2.20. The number of carbonyl (C=O) groups excluding carboxylic acids is 1. The third kappa shape index (κ3) is 5.48. The fourth-order valence-corrected chi connectivity index (χ4v) is 2.04. The predicted molar refractivity (Wildman–Crippen MR) is 76.8 cm³/mol. The Hall–Kier alpha value is -2.00. The van der Waals surface area contributed by atoms with Crippen LogP contribution in [0.15, 0.2) is 12.1 Å². The number of benzene rings is 1. The molecule has 1 amide bonds. The van der Waals surface area contributed by atoms with Gasteiger partial charge in [-0.3, -0.25) is 14.9 Å². The molecular formula is C12H16N3O5S. The monoisotopic (exact) mass is 314 g/mol. The first kappa shape index (κ1) is 17.1. The second kappa shape index (κ2) is 7.70. The van der Waals surface area contributed by atoms with Crippen molar-refractivity contribution >= 4 is 22.3 Å². The summed E-state index contributed by atoms with van der Waals surface area (Å²) in [5.74, 6) is -0.934. The average Bonchev–Trinajstić information content (AvgIpc) is 2.37. The summed E-state index contributed by atoms with van der Waals surface area (Å²) in [6.45, 7) is 0.940. The Labute approximate surface area is 123 Å². The van der Waals surface area contributed by atoms with Crippen LogP contribution in [0.3, 0.4) is 0 Å². The summed E-state index contributed by atoms with van der Waals surface area (Å²) >= 11 is 0. The van der Waals surface area contributed by atoms with Crippen LogP contribution in [0.2, 0.25) is 0 Å². The first-order chi connectivity index (χ1) is 9.81. The largest absolute Gasteiger partial charge is 0.351 e. The average molecular weight is 314 g/mol. The Morgan fingerprint density at radius 3 is 2.67 bits per heavy atom. The summed E-state index contributed by atoms with van der Waals surface area (Å²) in [6, 6.07) is 4.80. The highest BCUT2D eigenvalue weighted by atomic mass is 32.2. The van der Waals surface area contributed by atoms with Crippen molar-refractivity contribution in [2.75, 3.05) is 27.2 Å². The van der Waals surface area contributed by atoms with Gasteiger partial charge in [-0.15, -0.1) is 0 Å². The van der Waals surface area contributed by atoms with Gasteiger partial charge in [0.05, 0.1) is 10.7 Å². The Bertz CT molecular complexity index is 605. The summed E-state index contributed by atoms with van der Waals surface area (Å²) < 4.78 is 21.3. The van der Waals surface area contributed by atoms with E-state index >= 15 is 0 Å². The van der Waals surface area contributed by atoms with Crippen LogP contribution in [-0.4, -0.2) is 51.3 Å². The van der Waals surface area contributed by atoms with Crippen molar-refractivity contribution in [3.8, 4) is 0 Å². The third-order valence-corrected chi connectivity index (χ3v) is 3.17. The molecule has 0 bridgehead atoms. The molecule has 115 valence electrons. The first-order valence-corrected chi connectivity index (χ1v) is 7.41. The summed E-state index contributed by atoms with van der Waals surface area (Å²) in [5.41, 5.74) is -0.408. The van der Waals surface area contributed by atoms with E-state index in [2.05, 4.69) is 11.4 Å². The molecule has 0 aromatic heterocycles. The number of hydrogen-bond donors (Lipinski definition) is 2. The highest BCUT2D eigenvalue weighted by molar-refractivity contribution is 7.71. The smallest absolute Gasteiger partial charge is 0.282 e. The fourth-order valence-electron chi connectivity index (χ4n) is 1.57. The van der Waals surface area contributed by atoms with Crippen molar-refractivity contribution < 1.29 is 18.1 Å². The molecule has 8 nitrogen and oxygen atoms in total. The van der Waals surface area contributed by atoms with E-state index in [1.807, 2.05) is 19.0 Å². The van der Waals surface area contributed by atoms with E-state index < -0.39 is 27.2 Å². The quantitative estimate of drug-likeness (QED) is 0.410. The van der Waals surface area contributed by atoms with Crippen LogP contribution in [0.25, 0.3) is 0 Å². The van der Waals surface area contributed by atoms with E-state index in [0.29, 0.717) is 13.1 Å². The number of rotatable bonds is 7.